The van der Waals surface area contributed by atoms with Crippen LogP contribution in [0, 0.1) is 11.8 Å². The molecule has 2 aromatic rings. The lowest BCUT2D eigenvalue weighted by atomic mass is 9.87. The highest BCUT2D eigenvalue weighted by Gasteiger charge is 2.20. The predicted molar refractivity (Wildman–Crippen MR) is 97.1 cm³/mol. The van der Waals surface area contributed by atoms with Crippen LogP contribution in [0.2, 0.25) is 0 Å². The van der Waals surface area contributed by atoms with Crippen LogP contribution in [0.15, 0.2) is 48.1 Å². The standard InChI is InChI=1S/C20H22N2O2/c1-12-5-6-15(9-13(12)2)20(24)19-11-16-10-17(21-14(3)23)7-8-18(16)22(19)4/h5-13H,1-4H3,(H,21,23). The summed E-state index contributed by atoms with van der Waals surface area (Å²) in [7, 11) is 1.90. The molecule has 0 aliphatic heterocycles. The number of carbonyl (C=O) groups is 2. The zero-order chi connectivity index (χ0) is 17.4. The van der Waals surface area contributed by atoms with E-state index in [0.717, 1.165) is 22.2 Å². The summed E-state index contributed by atoms with van der Waals surface area (Å²) < 4.78 is 1.91. The van der Waals surface area contributed by atoms with E-state index in [-0.39, 0.29) is 11.7 Å². The van der Waals surface area contributed by atoms with Gasteiger partial charge in [-0.2, -0.15) is 0 Å². The van der Waals surface area contributed by atoms with Gasteiger partial charge in [0, 0.05) is 36.1 Å². The molecule has 0 saturated carbocycles. The van der Waals surface area contributed by atoms with E-state index in [9.17, 15) is 9.59 Å². The molecule has 24 heavy (non-hydrogen) atoms. The van der Waals surface area contributed by atoms with Gasteiger partial charge in [-0.25, -0.2) is 0 Å². The number of hydrogen-bond acceptors (Lipinski definition) is 2. The second kappa shape index (κ2) is 6.11. The largest absolute Gasteiger partial charge is 0.341 e. The number of carbonyl (C=O) groups excluding carboxylic acids is 2. The molecule has 0 saturated heterocycles. The van der Waals surface area contributed by atoms with Gasteiger partial charge in [-0.05, 0) is 36.1 Å². The monoisotopic (exact) mass is 322 g/mol. The van der Waals surface area contributed by atoms with E-state index in [1.54, 1.807) is 0 Å². The number of aromatic nitrogens is 1. The van der Waals surface area contributed by atoms with Gasteiger partial charge in [0.25, 0.3) is 0 Å². The summed E-state index contributed by atoms with van der Waals surface area (Å²) in [6.07, 6.45) is 6.07. The first-order chi connectivity index (χ1) is 11.4. The van der Waals surface area contributed by atoms with E-state index in [2.05, 4.69) is 25.2 Å². The molecule has 1 N–H and O–H groups in total. The van der Waals surface area contributed by atoms with Crippen molar-refractivity contribution in [1.82, 2.24) is 4.57 Å². The number of fused-ring (bicyclic) bond motifs is 1. The van der Waals surface area contributed by atoms with Crippen molar-refractivity contribution in [3.05, 3.63) is 53.8 Å². The Kier molecular flexibility index (Phi) is 4.14. The number of anilines is 1. The summed E-state index contributed by atoms with van der Waals surface area (Å²) in [5.41, 5.74) is 3.10. The number of Topliss-reactive ketones (excluding diaryl/α,β-unsaturated/α-hetero) is 1. The lowest BCUT2D eigenvalue weighted by Gasteiger charge is -2.18. The Morgan fingerprint density at radius 2 is 1.88 bits per heavy atom. The molecule has 1 amide bonds. The minimum absolute atomic E-state index is 0.0322. The summed E-state index contributed by atoms with van der Waals surface area (Å²) in [5.74, 6) is 0.733. The number of nitrogens with one attached hydrogen (secondary N) is 1. The van der Waals surface area contributed by atoms with Crippen molar-refractivity contribution < 1.29 is 9.59 Å². The van der Waals surface area contributed by atoms with Crippen molar-refractivity contribution in [3.63, 3.8) is 0 Å². The van der Waals surface area contributed by atoms with Crippen molar-refractivity contribution in [3.8, 4) is 0 Å². The molecule has 0 bridgehead atoms. The van der Waals surface area contributed by atoms with Crippen molar-refractivity contribution >= 4 is 28.3 Å². The number of hydrogen-bond donors (Lipinski definition) is 1. The fraction of sp³-hybridized carbons (Fsp3) is 0.300. The van der Waals surface area contributed by atoms with Crippen LogP contribution in [0.5, 0.6) is 0 Å². The summed E-state index contributed by atoms with van der Waals surface area (Å²) in [6.45, 7) is 5.76. The summed E-state index contributed by atoms with van der Waals surface area (Å²) >= 11 is 0. The summed E-state index contributed by atoms with van der Waals surface area (Å²) in [6, 6.07) is 7.55. The highest BCUT2D eigenvalue weighted by molar-refractivity contribution is 6.12. The van der Waals surface area contributed by atoms with Crippen LogP contribution in [0.25, 0.3) is 10.9 Å². The normalized spacial score (nSPS) is 20.1. The van der Waals surface area contributed by atoms with Gasteiger partial charge >= 0.3 is 0 Å². The van der Waals surface area contributed by atoms with Crippen LogP contribution in [0.4, 0.5) is 5.69 Å². The van der Waals surface area contributed by atoms with Gasteiger partial charge < -0.3 is 9.88 Å². The lowest BCUT2D eigenvalue weighted by molar-refractivity contribution is -0.114. The topological polar surface area (TPSA) is 51.1 Å². The molecule has 4 heteroatoms. The highest BCUT2D eigenvalue weighted by Crippen LogP contribution is 2.27. The Balaban J connectivity index is 1.99. The molecule has 0 spiro atoms. The maximum Gasteiger partial charge on any atom is 0.221 e. The molecule has 0 radical (unpaired) electrons. The second-order valence-corrected chi connectivity index (χ2v) is 6.57. The van der Waals surface area contributed by atoms with Gasteiger partial charge in [0.1, 0.15) is 0 Å². The maximum absolute atomic E-state index is 12.9. The van der Waals surface area contributed by atoms with E-state index in [1.807, 2.05) is 48.0 Å². The zero-order valence-corrected chi connectivity index (χ0v) is 14.5. The van der Waals surface area contributed by atoms with Crippen LogP contribution < -0.4 is 5.32 Å². The number of amides is 1. The molecule has 2 unspecified atom stereocenters. The van der Waals surface area contributed by atoms with Crippen LogP contribution in [-0.2, 0) is 11.8 Å². The van der Waals surface area contributed by atoms with Gasteiger partial charge in [0.2, 0.25) is 11.7 Å². The molecule has 3 rings (SSSR count). The third-order valence-electron chi connectivity index (χ3n) is 4.71. The third-order valence-corrected chi connectivity index (χ3v) is 4.71. The first kappa shape index (κ1) is 16.2. The molecule has 4 nitrogen and oxygen atoms in total. The molecule has 124 valence electrons. The number of nitrogens with zero attached hydrogens (tertiary/aromatic N) is 1. The highest BCUT2D eigenvalue weighted by atomic mass is 16.1. The Morgan fingerprint density at radius 1 is 1.12 bits per heavy atom. The molecule has 1 heterocycles. The Morgan fingerprint density at radius 3 is 2.54 bits per heavy atom. The number of benzene rings is 1. The smallest absolute Gasteiger partial charge is 0.221 e. The first-order valence-corrected chi connectivity index (χ1v) is 8.18. The van der Waals surface area contributed by atoms with Crippen LogP contribution in [0.3, 0.4) is 0 Å². The quantitative estimate of drug-likeness (QED) is 0.865. The van der Waals surface area contributed by atoms with Crippen LogP contribution in [-0.4, -0.2) is 16.3 Å². The molecule has 1 aliphatic carbocycles. The predicted octanol–water partition coefficient (Wildman–Crippen LogP) is 4.09. The van der Waals surface area contributed by atoms with Gasteiger partial charge in [-0.1, -0.05) is 32.1 Å². The average Bonchev–Trinajstić information content (AvgIpc) is 2.85. The van der Waals surface area contributed by atoms with E-state index >= 15 is 0 Å². The minimum atomic E-state index is -0.109. The van der Waals surface area contributed by atoms with Gasteiger partial charge in [-0.15, -0.1) is 0 Å². The van der Waals surface area contributed by atoms with E-state index in [4.69, 9.17) is 0 Å². The number of rotatable bonds is 3. The molecular weight excluding hydrogens is 300 g/mol. The van der Waals surface area contributed by atoms with Crippen LogP contribution >= 0.6 is 0 Å². The number of allylic oxidation sites excluding steroid dienone is 4. The Labute approximate surface area is 141 Å². The zero-order valence-electron chi connectivity index (χ0n) is 14.5. The van der Waals surface area contributed by atoms with Crippen LogP contribution in [0.1, 0.15) is 31.3 Å². The van der Waals surface area contributed by atoms with Crippen molar-refractivity contribution in [1.29, 1.82) is 0 Å². The molecule has 2 atom stereocenters. The van der Waals surface area contributed by atoms with Gasteiger partial charge in [-0.3, -0.25) is 9.59 Å². The Hall–Kier alpha value is -2.62. The summed E-state index contributed by atoms with van der Waals surface area (Å²) in [4.78, 5) is 24.1. The molecule has 1 aromatic heterocycles. The number of ketones is 1. The molecule has 1 aliphatic rings. The molecule has 0 fully saturated rings. The van der Waals surface area contributed by atoms with E-state index in [1.165, 1.54) is 6.92 Å². The third kappa shape index (κ3) is 2.92. The lowest BCUT2D eigenvalue weighted by Crippen LogP contribution is -2.13. The molecule has 1 aromatic carbocycles. The van der Waals surface area contributed by atoms with E-state index < -0.39 is 0 Å². The fourth-order valence-electron chi connectivity index (χ4n) is 3.07. The van der Waals surface area contributed by atoms with Crippen molar-refractivity contribution in [2.75, 3.05) is 5.32 Å². The average molecular weight is 322 g/mol. The first-order valence-electron chi connectivity index (χ1n) is 8.18. The molecular formula is C20H22N2O2. The minimum Gasteiger partial charge on any atom is -0.341 e. The van der Waals surface area contributed by atoms with Gasteiger partial charge in [0.05, 0.1) is 5.69 Å². The fourth-order valence-corrected chi connectivity index (χ4v) is 3.07. The number of aryl methyl sites for hydroxylation is 1. The van der Waals surface area contributed by atoms with Gasteiger partial charge in [0.15, 0.2) is 0 Å². The van der Waals surface area contributed by atoms with Crippen molar-refractivity contribution in [2.45, 2.75) is 20.8 Å². The maximum atomic E-state index is 12.9. The SMILES string of the molecule is CC(=O)Nc1ccc2c(c1)cc(C(=O)C1=CC(C)C(C)C=C1)n2C. The van der Waals surface area contributed by atoms with Crippen molar-refractivity contribution in [2.24, 2.45) is 18.9 Å². The summed E-state index contributed by atoms with van der Waals surface area (Å²) in [5, 5.41) is 3.71. The second-order valence-electron chi connectivity index (χ2n) is 6.57. The Bertz CT molecular complexity index is 886. The van der Waals surface area contributed by atoms with E-state index in [0.29, 0.717) is 17.5 Å².